The van der Waals surface area contributed by atoms with E-state index in [1.165, 1.54) is 12.1 Å². The molecule has 0 fully saturated rings. The highest BCUT2D eigenvalue weighted by molar-refractivity contribution is 6.19. The van der Waals surface area contributed by atoms with Gasteiger partial charge in [0.15, 0.2) is 5.82 Å². The Labute approximate surface area is 397 Å². The fraction of sp³-hybridized carbons (Fsp3) is 0.0333. The summed E-state index contributed by atoms with van der Waals surface area (Å²) in [6.07, 6.45) is -9.42. The lowest BCUT2D eigenvalue weighted by Crippen LogP contribution is -2.07. The number of hydrogen-bond acceptors (Lipinski definition) is 2. The standard InChI is InChI=1S/C60H36F6N4/c61-59(62,63)42-22-14-20-39(30-42)47-32-41(58-67-51(37-16-4-1-5-17-37)35-52(68-58)38-18-6-2-7-19-38)33-48(40-21-15-23-43(31-40)60(64,65)66)57(47)70-54-29-13-11-27-46(54)50-34-49-45-26-10-12-28-53(45)69(55(49)36-56(50)70)44-24-8-3-9-25-44/h1-36H. The number of benzene rings is 9. The lowest BCUT2D eigenvalue weighted by Gasteiger charge is -2.22. The van der Waals surface area contributed by atoms with E-state index in [2.05, 4.69) is 28.8 Å². The fourth-order valence-corrected chi connectivity index (χ4v) is 9.79. The predicted molar refractivity (Wildman–Crippen MR) is 268 cm³/mol. The number of fused-ring (bicyclic) bond motifs is 6. The first-order valence-electron chi connectivity index (χ1n) is 22.5. The highest BCUT2D eigenvalue weighted by Crippen LogP contribution is 2.47. The summed E-state index contributed by atoms with van der Waals surface area (Å²) in [6, 6.07) is 64.6. The minimum absolute atomic E-state index is 0.188. The Balaban J connectivity index is 1.25. The first-order valence-corrected chi connectivity index (χ1v) is 22.5. The maximum Gasteiger partial charge on any atom is 0.416 e. The molecule has 0 saturated heterocycles. The van der Waals surface area contributed by atoms with E-state index < -0.39 is 23.5 Å². The van der Waals surface area contributed by atoms with E-state index >= 15 is 0 Å². The van der Waals surface area contributed by atoms with Gasteiger partial charge in [0.2, 0.25) is 0 Å². The van der Waals surface area contributed by atoms with Gasteiger partial charge in [0.05, 0.1) is 50.3 Å². The number of rotatable bonds is 7. The topological polar surface area (TPSA) is 35.6 Å². The van der Waals surface area contributed by atoms with Crippen LogP contribution >= 0.6 is 0 Å². The molecule has 0 atom stereocenters. The van der Waals surface area contributed by atoms with E-state index in [4.69, 9.17) is 9.97 Å². The molecule has 0 aliphatic rings. The zero-order valence-electron chi connectivity index (χ0n) is 36.8. The molecule has 9 aromatic carbocycles. The average molecular weight is 927 g/mol. The third kappa shape index (κ3) is 7.36. The number of aromatic nitrogens is 4. The lowest BCUT2D eigenvalue weighted by atomic mass is 9.91. The molecule has 12 aromatic rings. The number of hydrogen-bond donors (Lipinski definition) is 0. The molecule has 10 heteroatoms. The van der Waals surface area contributed by atoms with E-state index in [9.17, 15) is 26.3 Å². The summed E-state index contributed by atoms with van der Waals surface area (Å²) < 4.78 is 93.0. The molecule has 0 unspecified atom stereocenters. The van der Waals surface area contributed by atoms with Gasteiger partial charge in [-0.15, -0.1) is 0 Å². The molecule has 338 valence electrons. The smallest absolute Gasteiger partial charge is 0.309 e. The SMILES string of the molecule is FC(F)(F)c1cccc(-c2cc(-c3nc(-c4ccccc4)cc(-c4ccccc4)n3)cc(-c3cccc(C(F)(F)F)c3)c2-n2c3ccccc3c3cc4c5ccccc5n(-c5ccccc5)c4cc32)c1. The summed E-state index contributed by atoms with van der Waals surface area (Å²) in [5, 5.41) is 3.69. The maximum absolute atomic E-state index is 14.8. The van der Waals surface area contributed by atoms with Gasteiger partial charge < -0.3 is 9.13 Å². The van der Waals surface area contributed by atoms with Gasteiger partial charge in [0, 0.05) is 55.0 Å². The quantitative estimate of drug-likeness (QED) is 0.149. The molecular weight excluding hydrogens is 891 g/mol. The third-order valence-electron chi connectivity index (χ3n) is 12.9. The monoisotopic (exact) mass is 926 g/mol. The van der Waals surface area contributed by atoms with Crippen molar-refractivity contribution in [1.82, 2.24) is 19.1 Å². The average Bonchev–Trinajstić information content (AvgIpc) is 3.89. The van der Waals surface area contributed by atoms with Gasteiger partial charge in [-0.1, -0.05) is 140 Å². The summed E-state index contributed by atoms with van der Waals surface area (Å²) in [4.78, 5) is 10.2. The summed E-state index contributed by atoms with van der Waals surface area (Å²) in [6.45, 7) is 0. The van der Waals surface area contributed by atoms with Crippen LogP contribution in [0.25, 0.3) is 111 Å². The number of para-hydroxylation sites is 3. The Hall–Kier alpha value is -8.76. The van der Waals surface area contributed by atoms with Crippen molar-refractivity contribution in [3.63, 3.8) is 0 Å². The highest BCUT2D eigenvalue weighted by atomic mass is 19.4. The van der Waals surface area contributed by atoms with Crippen LogP contribution in [0.15, 0.2) is 218 Å². The molecule has 70 heavy (non-hydrogen) atoms. The molecule has 0 bridgehead atoms. The summed E-state index contributed by atoms with van der Waals surface area (Å²) >= 11 is 0. The molecule has 0 saturated carbocycles. The maximum atomic E-state index is 14.8. The van der Waals surface area contributed by atoms with E-state index in [-0.39, 0.29) is 17.0 Å². The van der Waals surface area contributed by atoms with Crippen molar-refractivity contribution in [2.45, 2.75) is 12.4 Å². The normalized spacial score (nSPS) is 12.1. The van der Waals surface area contributed by atoms with Crippen LogP contribution in [-0.4, -0.2) is 19.1 Å². The first kappa shape index (κ1) is 42.6. The van der Waals surface area contributed by atoms with Crippen LogP contribution in [0.1, 0.15) is 11.1 Å². The van der Waals surface area contributed by atoms with E-state index in [0.717, 1.165) is 73.7 Å². The molecule has 4 nitrogen and oxygen atoms in total. The van der Waals surface area contributed by atoms with Crippen LogP contribution in [0.3, 0.4) is 0 Å². The minimum atomic E-state index is -4.71. The number of nitrogens with zero attached hydrogens (tertiary/aromatic N) is 4. The molecule has 12 rings (SSSR count). The van der Waals surface area contributed by atoms with Gasteiger partial charge in [0.1, 0.15) is 0 Å². The van der Waals surface area contributed by atoms with E-state index in [1.807, 2.05) is 138 Å². The second-order valence-electron chi connectivity index (χ2n) is 17.2. The van der Waals surface area contributed by atoms with Crippen LogP contribution in [0.5, 0.6) is 0 Å². The largest absolute Gasteiger partial charge is 0.416 e. The van der Waals surface area contributed by atoms with Gasteiger partial charge in [-0.05, 0) is 90.0 Å². The van der Waals surface area contributed by atoms with Crippen LogP contribution in [0.4, 0.5) is 26.3 Å². The number of alkyl halides is 6. The van der Waals surface area contributed by atoms with Gasteiger partial charge >= 0.3 is 12.4 Å². The second kappa shape index (κ2) is 16.5. The zero-order chi connectivity index (χ0) is 47.7. The van der Waals surface area contributed by atoms with Crippen LogP contribution in [-0.2, 0) is 12.4 Å². The van der Waals surface area contributed by atoms with E-state index in [1.54, 1.807) is 24.3 Å². The Morgan fingerprint density at radius 2 is 0.743 bits per heavy atom. The first-order chi connectivity index (χ1) is 34.0. The Morgan fingerprint density at radius 3 is 1.24 bits per heavy atom. The van der Waals surface area contributed by atoms with Crippen molar-refractivity contribution in [3.05, 3.63) is 230 Å². The van der Waals surface area contributed by atoms with Crippen LogP contribution < -0.4 is 0 Å². The van der Waals surface area contributed by atoms with Crippen molar-refractivity contribution in [1.29, 1.82) is 0 Å². The lowest BCUT2D eigenvalue weighted by molar-refractivity contribution is -0.138. The van der Waals surface area contributed by atoms with Crippen molar-refractivity contribution < 1.29 is 26.3 Å². The summed E-state index contributed by atoms with van der Waals surface area (Å²) in [7, 11) is 0. The summed E-state index contributed by atoms with van der Waals surface area (Å²) in [5.41, 5.74) is 6.88. The molecule has 0 aliphatic carbocycles. The molecule has 0 N–H and O–H groups in total. The van der Waals surface area contributed by atoms with Crippen molar-refractivity contribution in [2.75, 3.05) is 0 Å². The molecule has 3 aromatic heterocycles. The van der Waals surface area contributed by atoms with Crippen LogP contribution in [0, 0.1) is 0 Å². The van der Waals surface area contributed by atoms with Gasteiger partial charge in [-0.2, -0.15) is 26.3 Å². The Kier molecular flexibility index (Phi) is 10.0. The molecule has 0 radical (unpaired) electrons. The molecule has 0 amide bonds. The predicted octanol–water partition coefficient (Wildman–Crippen LogP) is 17.0. The fourth-order valence-electron chi connectivity index (χ4n) is 9.79. The zero-order valence-corrected chi connectivity index (χ0v) is 36.8. The second-order valence-corrected chi connectivity index (χ2v) is 17.2. The summed E-state index contributed by atoms with van der Waals surface area (Å²) in [5.74, 6) is 0.226. The third-order valence-corrected chi connectivity index (χ3v) is 12.9. The van der Waals surface area contributed by atoms with Crippen molar-refractivity contribution in [3.8, 4) is 67.5 Å². The highest BCUT2D eigenvalue weighted by Gasteiger charge is 2.33. The van der Waals surface area contributed by atoms with Gasteiger partial charge in [0.25, 0.3) is 0 Å². The van der Waals surface area contributed by atoms with E-state index in [0.29, 0.717) is 44.8 Å². The molecule has 0 aliphatic heterocycles. The minimum Gasteiger partial charge on any atom is -0.309 e. The van der Waals surface area contributed by atoms with Gasteiger partial charge in [-0.25, -0.2) is 9.97 Å². The Bertz CT molecular complexity index is 3830. The molecular formula is C60H36F6N4. The van der Waals surface area contributed by atoms with Crippen molar-refractivity contribution in [2.24, 2.45) is 0 Å². The van der Waals surface area contributed by atoms with Crippen molar-refractivity contribution >= 4 is 43.6 Å². The number of halogens is 6. The molecule has 0 spiro atoms. The van der Waals surface area contributed by atoms with Crippen LogP contribution in [0.2, 0.25) is 0 Å². The van der Waals surface area contributed by atoms with Gasteiger partial charge in [-0.3, -0.25) is 0 Å². The Morgan fingerprint density at radius 1 is 0.314 bits per heavy atom. The molecule has 3 heterocycles.